The molecule has 2 radical (unpaired) electrons. The average Bonchev–Trinajstić information content (AvgIpc) is 2.10. The molecule has 0 saturated carbocycles. The van der Waals surface area contributed by atoms with Crippen LogP contribution in [0.1, 0.15) is 6.92 Å². The topological polar surface area (TPSA) is 23.6 Å². The van der Waals surface area contributed by atoms with E-state index in [1.165, 1.54) is 0 Å². The quantitative estimate of drug-likeness (QED) is 0.409. The summed E-state index contributed by atoms with van der Waals surface area (Å²) < 4.78 is 0. The molecule has 0 aromatic heterocycles. The van der Waals surface area contributed by atoms with E-state index in [0.717, 1.165) is 19.4 Å². The maximum atomic E-state index is 10.4. The van der Waals surface area contributed by atoms with Crippen LogP contribution in [-0.2, 0) is 4.79 Å². The molecule has 3 nitrogen and oxygen atoms in total. The lowest BCUT2D eigenvalue weighted by atomic mass is 9.97. The molecular weight excluding hydrogens is 163 g/mol. The SMILES string of the molecule is [B]CC(C)N(CC=O)CCN(C)C. The fraction of sp³-hybridized carbons (Fsp3) is 0.889. The van der Waals surface area contributed by atoms with Gasteiger partial charge in [0.2, 0.25) is 0 Å². The summed E-state index contributed by atoms with van der Waals surface area (Å²) in [5.41, 5.74) is 0. The van der Waals surface area contributed by atoms with E-state index in [2.05, 4.69) is 9.80 Å². The summed E-state index contributed by atoms with van der Waals surface area (Å²) in [4.78, 5) is 14.6. The monoisotopic (exact) mass is 182 g/mol. The number of aldehydes is 1. The lowest BCUT2D eigenvalue weighted by Gasteiger charge is -2.27. The third kappa shape index (κ3) is 5.83. The van der Waals surface area contributed by atoms with Gasteiger partial charge in [-0.05, 0) is 20.1 Å². The Morgan fingerprint density at radius 3 is 2.38 bits per heavy atom. The zero-order chi connectivity index (χ0) is 10.3. The van der Waals surface area contributed by atoms with Gasteiger partial charge in [0.05, 0.1) is 14.4 Å². The smallest absolute Gasteiger partial charge is 0.133 e. The molecule has 0 aliphatic rings. The average molecular weight is 182 g/mol. The number of hydrogen-bond acceptors (Lipinski definition) is 3. The van der Waals surface area contributed by atoms with Crippen LogP contribution < -0.4 is 0 Å². The Morgan fingerprint density at radius 1 is 1.38 bits per heavy atom. The summed E-state index contributed by atoms with van der Waals surface area (Å²) >= 11 is 0. The molecule has 0 aromatic carbocycles. The molecule has 0 N–H and O–H groups in total. The van der Waals surface area contributed by atoms with E-state index in [-0.39, 0.29) is 6.04 Å². The van der Waals surface area contributed by atoms with Crippen molar-refractivity contribution in [1.29, 1.82) is 0 Å². The Balaban J connectivity index is 3.85. The van der Waals surface area contributed by atoms with E-state index in [4.69, 9.17) is 7.85 Å². The molecule has 0 saturated heterocycles. The lowest BCUT2D eigenvalue weighted by molar-refractivity contribution is -0.109. The minimum atomic E-state index is 0.283. The molecule has 0 spiro atoms. The van der Waals surface area contributed by atoms with Crippen LogP contribution in [0.3, 0.4) is 0 Å². The van der Waals surface area contributed by atoms with Crippen LogP contribution in [0.2, 0.25) is 6.32 Å². The molecule has 0 fully saturated rings. The molecule has 1 atom stereocenters. The van der Waals surface area contributed by atoms with Crippen molar-refractivity contribution in [2.24, 2.45) is 0 Å². The second-order valence-corrected chi connectivity index (χ2v) is 3.55. The van der Waals surface area contributed by atoms with E-state index >= 15 is 0 Å². The van der Waals surface area contributed by atoms with Crippen molar-refractivity contribution in [3.05, 3.63) is 0 Å². The van der Waals surface area contributed by atoms with Crippen molar-refractivity contribution in [3.8, 4) is 0 Å². The molecule has 0 aliphatic heterocycles. The molecule has 0 aliphatic carbocycles. The molecular formula is C9H19BN2O. The molecule has 13 heavy (non-hydrogen) atoms. The van der Waals surface area contributed by atoms with Crippen molar-refractivity contribution in [2.45, 2.75) is 19.3 Å². The van der Waals surface area contributed by atoms with Crippen LogP contribution in [0.25, 0.3) is 0 Å². The first kappa shape index (κ1) is 12.7. The van der Waals surface area contributed by atoms with Crippen molar-refractivity contribution < 1.29 is 4.79 Å². The number of carbonyl (C=O) groups excluding carboxylic acids is 1. The standard InChI is InChI=1S/C9H19BN2O/c1-9(8-10)12(6-7-13)5-4-11(2)3/h7,9H,4-6,8H2,1-3H3. The van der Waals surface area contributed by atoms with E-state index < -0.39 is 0 Å². The Bertz CT molecular complexity index is 142. The third-order valence-electron chi connectivity index (χ3n) is 2.11. The van der Waals surface area contributed by atoms with Crippen LogP contribution in [0, 0.1) is 0 Å². The van der Waals surface area contributed by atoms with Gasteiger partial charge in [-0.1, -0.05) is 13.2 Å². The van der Waals surface area contributed by atoms with Crippen molar-refractivity contribution >= 4 is 14.1 Å². The van der Waals surface area contributed by atoms with Gasteiger partial charge in [0.15, 0.2) is 0 Å². The minimum absolute atomic E-state index is 0.283. The number of carbonyl (C=O) groups is 1. The summed E-state index contributed by atoms with van der Waals surface area (Å²) in [5.74, 6) is 0. The van der Waals surface area contributed by atoms with Gasteiger partial charge in [0, 0.05) is 13.1 Å². The van der Waals surface area contributed by atoms with Crippen LogP contribution >= 0.6 is 0 Å². The highest BCUT2D eigenvalue weighted by Crippen LogP contribution is 2.00. The van der Waals surface area contributed by atoms with Crippen LogP contribution in [0.5, 0.6) is 0 Å². The van der Waals surface area contributed by atoms with Gasteiger partial charge in [-0.15, -0.1) is 0 Å². The summed E-state index contributed by atoms with van der Waals surface area (Å²) in [6.07, 6.45) is 1.53. The lowest BCUT2D eigenvalue weighted by Crippen LogP contribution is -2.39. The molecule has 1 unspecified atom stereocenters. The fourth-order valence-electron chi connectivity index (χ4n) is 1.06. The minimum Gasteiger partial charge on any atom is -0.308 e. The number of hydrogen-bond donors (Lipinski definition) is 0. The zero-order valence-electron chi connectivity index (χ0n) is 8.86. The van der Waals surface area contributed by atoms with Crippen LogP contribution in [0.4, 0.5) is 0 Å². The van der Waals surface area contributed by atoms with Crippen molar-refractivity contribution in [3.63, 3.8) is 0 Å². The Kier molecular flexibility index (Phi) is 6.91. The van der Waals surface area contributed by atoms with Gasteiger partial charge < -0.3 is 9.69 Å². The highest BCUT2D eigenvalue weighted by Gasteiger charge is 2.10. The molecule has 74 valence electrons. The van der Waals surface area contributed by atoms with Gasteiger partial charge in [0.1, 0.15) is 6.29 Å². The summed E-state index contributed by atoms with van der Waals surface area (Å²) in [7, 11) is 9.58. The highest BCUT2D eigenvalue weighted by atomic mass is 16.1. The first-order valence-corrected chi connectivity index (χ1v) is 4.64. The Morgan fingerprint density at radius 2 is 2.00 bits per heavy atom. The summed E-state index contributed by atoms with van der Waals surface area (Å²) in [5, 5.41) is 0. The predicted octanol–water partition coefficient (Wildman–Crippen LogP) is 0.0242. The molecule has 0 heterocycles. The van der Waals surface area contributed by atoms with Gasteiger partial charge in [-0.3, -0.25) is 4.90 Å². The maximum absolute atomic E-state index is 10.4. The normalized spacial score (nSPS) is 13.6. The molecule has 0 aromatic rings. The first-order chi connectivity index (χ1) is 6.11. The van der Waals surface area contributed by atoms with E-state index in [0.29, 0.717) is 12.9 Å². The second kappa shape index (κ2) is 7.10. The predicted molar refractivity (Wildman–Crippen MR) is 56.2 cm³/mol. The maximum Gasteiger partial charge on any atom is 0.133 e. The van der Waals surface area contributed by atoms with Crippen molar-refractivity contribution in [2.75, 3.05) is 33.7 Å². The first-order valence-electron chi connectivity index (χ1n) is 4.64. The largest absolute Gasteiger partial charge is 0.308 e. The fourth-order valence-corrected chi connectivity index (χ4v) is 1.06. The molecule has 0 amide bonds. The number of nitrogens with zero attached hydrogens (tertiary/aromatic N) is 2. The second-order valence-electron chi connectivity index (χ2n) is 3.55. The number of rotatable bonds is 7. The van der Waals surface area contributed by atoms with E-state index in [1.54, 1.807) is 0 Å². The van der Waals surface area contributed by atoms with Gasteiger partial charge >= 0.3 is 0 Å². The Labute approximate surface area is 82.5 Å². The molecule has 0 rings (SSSR count). The molecule has 4 heteroatoms. The van der Waals surface area contributed by atoms with Gasteiger partial charge in [-0.25, -0.2) is 0 Å². The van der Waals surface area contributed by atoms with Gasteiger partial charge in [-0.2, -0.15) is 0 Å². The summed E-state index contributed by atoms with van der Waals surface area (Å²) in [6, 6.07) is 0.283. The van der Waals surface area contributed by atoms with E-state index in [1.807, 2.05) is 21.0 Å². The Hall–Kier alpha value is -0.345. The van der Waals surface area contributed by atoms with E-state index in [9.17, 15) is 4.79 Å². The van der Waals surface area contributed by atoms with Crippen molar-refractivity contribution in [1.82, 2.24) is 9.80 Å². The summed E-state index contributed by atoms with van der Waals surface area (Å²) in [6.45, 7) is 4.37. The van der Waals surface area contributed by atoms with Gasteiger partial charge in [0.25, 0.3) is 0 Å². The molecule has 0 bridgehead atoms. The number of likely N-dealkylation sites (N-methyl/N-ethyl adjacent to an activating group) is 1. The van der Waals surface area contributed by atoms with Crippen LogP contribution in [-0.4, -0.2) is 63.7 Å². The highest BCUT2D eigenvalue weighted by molar-refractivity contribution is 6.08. The van der Waals surface area contributed by atoms with Crippen LogP contribution in [0.15, 0.2) is 0 Å². The third-order valence-corrected chi connectivity index (χ3v) is 2.11. The zero-order valence-corrected chi connectivity index (χ0v) is 8.86.